The van der Waals surface area contributed by atoms with Gasteiger partial charge in [-0.05, 0) is 18.8 Å². The Balaban J connectivity index is 3.40. The van der Waals surface area contributed by atoms with Crippen molar-refractivity contribution in [3.8, 4) is 0 Å². The number of hydrogen-bond donors (Lipinski definition) is 2. The molecule has 0 spiro atoms. The molecular formula is C8H19IN2O. The molecule has 4 heteroatoms. The lowest BCUT2D eigenvalue weighted by molar-refractivity contribution is 0.345. The molecule has 0 aliphatic carbocycles. The van der Waals surface area contributed by atoms with Crippen molar-refractivity contribution < 1.29 is 3.07 Å². The molecule has 0 heterocycles. The lowest BCUT2D eigenvalue weighted by Crippen LogP contribution is -2.31. The molecule has 0 amide bonds. The van der Waals surface area contributed by atoms with Crippen molar-refractivity contribution in [1.29, 1.82) is 0 Å². The summed E-state index contributed by atoms with van der Waals surface area (Å²) < 4.78 is 4.90. The summed E-state index contributed by atoms with van der Waals surface area (Å²) in [6, 6.07) is 0.400. The van der Waals surface area contributed by atoms with Gasteiger partial charge in [0.25, 0.3) is 0 Å². The van der Waals surface area contributed by atoms with Crippen molar-refractivity contribution in [2.45, 2.75) is 38.8 Å². The van der Waals surface area contributed by atoms with Crippen LogP contribution in [0.1, 0.15) is 26.7 Å². The Hall–Kier alpha value is 0.610. The van der Waals surface area contributed by atoms with Gasteiger partial charge in [0.05, 0.1) is 6.61 Å². The van der Waals surface area contributed by atoms with E-state index in [4.69, 9.17) is 14.5 Å². The maximum Gasteiger partial charge on any atom is 0.109 e. The van der Waals surface area contributed by atoms with Crippen LogP contribution < -0.4 is 11.5 Å². The van der Waals surface area contributed by atoms with E-state index in [1.165, 1.54) is 0 Å². The van der Waals surface area contributed by atoms with Gasteiger partial charge in [0.2, 0.25) is 0 Å². The lowest BCUT2D eigenvalue weighted by Gasteiger charge is -2.17. The summed E-state index contributed by atoms with van der Waals surface area (Å²) >= 11 is 1.86. The molecule has 0 rings (SSSR count). The van der Waals surface area contributed by atoms with Crippen molar-refractivity contribution in [3.63, 3.8) is 0 Å². The van der Waals surface area contributed by atoms with E-state index in [0.717, 1.165) is 12.8 Å². The molecule has 0 aromatic rings. The molecule has 0 aromatic heterocycles. The standard InChI is InChI=1S/C8H19IN2O/c1-6(2)8(11)4-3-7(10)5-12-9/h6-8H,3-5,10-11H2,1-2H3/t7-,8?/m0/s1. The maximum absolute atomic E-state index is 5.86. The van der Waals surface area contributed by atoms with E-state index in [9.17, 15) is 0 Å². The summed E-state index contributed by atoms with van der Waals surface area (Å²) in [6.07, 6.45) is 1.93. The molecule has 2 atom stereocenters. The third-order valence-corrected chi connectivity index (χ3v) is 2.36. The minimum Gasteiger partial charge on any atom is -0.327 e. The van der Waals surface area contributed by atoms with Crippen molar-refractivity contribution >= 4 is 23.0 Å². The van der Waals surface area contributed by atoms with Crippen LogP contribution in [0.25, 0.3) is 0 Å². The van der Waals surface area contributed by atoms with E-state index in [1.54, 1.807) is 0 Å². The van der Waals surface area contributed by atoms with Gasteiger partial charge in [-0.1, -0.05) is 13.8 Å². The smallest absolute Gasteiger partial charge is 0.109 e. The second-order valence-corrected chi connectivity index (χ2v) is 4.14. The van der Waals surface area contributed by atoms with Crippen molar-refractivity contribution in [2.75, 3.05) is 6.61 Å². The second kappa shape index (κ2) is 7.06. The van der Waals surface area contributed by atoms with Gasteiger partial charge in [-0.25, -0.2) is 0 Å². The molecule has 0 aliphatic rings. The highest BCUT2D eigenvalue weighted by molar-refractivity contribution is 14.1. The summed E-state index contributed by atoms with van der Waals surface area (Å²) in [6.45, 7) is 4.88. The predicted octanol–water partition coefficient (Wildman–Crippen LogP) is 1.44. The Morgan fingerprint density at radius 3 is 2.25 bits per heavy atom. The molecule has 3 nitrogen and oxygen atoms in total. The quantitative estimate of drug-likeness (QED) is 0.726. The summed E-state index contributed by atoms with van der Waals surface area (Å²) in [7, 11) is 0. The van der Waals surface area contributed by atoms with Gasteiger partial charge >= 0.3 is 0 Å². The lowest BCUT2D eigenvalue weighted by atomic mass is 9.98. The van der Waals surface area contributed by atoms with Gasteiger partial charge in [0.1, 0.15) is 23.0 Å². The average molecular weight is 286 g/mol. The molecule has 0 aromatic carbocycles. The number of rotatable bonds is 6. The van der Waals surface area contributed by atoms with Crippen LogP contribution >= 0.6 is 23.0 Å². The fourth-order valence-electron chi connectivity index (χ4n) is 0.904. The normalized spacial score (nSPS) is 16.5. The van der Waals surface area contributed by atoms with Gasteiger partial charge in [-0.3, -0.25) is 0 Å². The van der Waals surface area contributed by atoms with E-state index in [0.29, 0.717) is 12.5 Å². The number of hydrogen-bond acceptors (Lipinski definition) is 3. The molecule has 1 unspecified atom stereocenters. The minimum absolute atomic E-state index is 0.131. The van der Waals surface area contributed by atoms with Gasteiger partial charge < -0.3 is 14.5 Å². The average Bonchev–Trinajstić information content (AvgIpc) is 2.00. The van der Waals surface area contributed by atoms with Gasteiger partial charge in [0.15, 0.2) is 0 Å². The first-order chi connectivity index (χ1) is 5.57. The SMILES string of the molecule is CC(C)C(N)CC[C@H](N)COI. The molecule has 12 heavy (non-hydrogen) atoms. The first kappa shape index (κ1) is 12.6. The molecule has 0 fully saturated rings. The zero-order valence-electron chi connectivity index (χ0n) is 7.79. The summed E-state index contributed by atoms with van der Waals surface area (Å²) in [5.41, 5.74) is 11.6. The highest BCUT2D eigenvalue weighted by Gasteiger charge is 2.09. The molecule has 0 saturated heterocycles. The largest absolute Gasteiger partial charge is 0.327 e. The zero-order chi connectivity index (χ0) is 9.56. The third kappa shape index (κ3) is 6.16. The third-order valence-electron chi connectivity index (χ3n) is 2.00. The van der Waals surface area contributed by atoms with Crippen LogP contribution in [0.4, 0.5) is 0 Å². The first-order valence-corrected chi connectivity index (χ1v) is 5.20. The molecule has 4 N–H and O–H groups in total. The monoisotopic (exact) mass is 286 g/mol. The molecular weight excluding hydrogens is 267 g/mol. The molecule has 0 radical (unpaired) electrons. The zero-order valence-corrected chi connectivity index (χ0v) is 9.95. The van der Waals surface area contributed by atoms with Crippen LogP contribution in [-0.2, 0) is 3.07 Å². The Morgan fingerprint density at radius 1 is 1.25 bits per heavy atom. The summed E-state index contributed by atoms with van der Waals surface area (Å²) in [5.74, 6) is 0.540. The Labute approximate surface area is 88.9 Å². The molecule has 0 aliphatic heterocycles. The fraction of sp³-hybridized carbons (Fsp3) is 1.00. The maximum atomic E-state index is 5.86. The first-order valence-electron chi connectivity index (χ1n) is 4.32. The van der Waals surface area contributed by atoms with Crippen LogP contribution in [0.5, 0.6) is 0 Å². The second-order valence-electron chi connectivity index (χ2n) is 3.52. The Kier molecular flexibility index (Phi) is 7.41. The number of halogens is 1. The predicted molar refractivity (Wildman–Crippen MR) is 60.0 cm³/mol. The van der Waals surface area contributed by atoms with Gasteiger partial charge in [0, 0.05) is 12.1 Å². The van der Waals surface area contributed by atoms with Crippen molar-refractivity contribution in [2.24, 2.45) is 17.4 Å². The van der Waals surface area contributed by atoms with Crippen LogP contribution in [0.2, 0.25) is 0 Å². The topological polar surface area (TPSA) is 61.3 Å². The molecule has 0 bridgehead atoms. The van der Waals surface area contributed by atoms with Crippen LogP contribution in [0, 0.1) is 5.92 Å². The van der Waals surface area contributed by atoms with Gasteiger partial charge in [-0.2, -0.15) is 0 Å². The molecule has 74 valence electrons. The van der Waals surface area contributed by atoms with E-state index < -0.39 is 0 Å². The van der Waals surface area contributed by atoms with E-state index >= 15 is 0 Å². The summed E-state index contributed by atoms with van der Waals surface area (Å²) in [5, 5.41) is 0. The highest BCUT2D eigenvalue weighted by atomic mass is 127. The minimum atomic E-state index is 0.131. The summed E-state index contributed by atoms with van der Waals surface area (Å²) in [4.78, 5) is 0. The van der Waals surface area contributed by atoms with Gasteiger partial charge in [-0.15, -0.1) is 0 Å². The fourth-order valence-corrected chi connectivity index (χ4v) is 1.37. The van der Waals surface area contributed by atoms with Crippen LogP contribution in [0.3, 0.4) is 0 Å². The Morgan fingerprint density at radius 2 is 1.83 bits per heavy atom. The van der Waals surface area contributed by atoms with E-state index in [1.807, 2.05) is 23.0 Å². The van der Waals surface area contributed by atoms with Crippen LogP contribution in [-0.4, -0.2) is 18.7 Å². The molecule has 0 saturated carbocycles. The van der Waals surface area contributed by atoms with Crippen LogP contribution in [0.15, 0.2) is 0 Å². The van der Waals surface area contributed by atoms with E-state index in [2.05, 4.69) is 13.8 Å². The Bertz CT molecular complexity index is 111. The highest BCUT2D eigenvalue weighted by Crippen LogP contribution is 2.07. The van der Waals surface area contributed by atoms with Crippen molar-refractivity contribution in [1.82, 2.24) is 0 Å². The van der Waals surface area contributed by atoms with E-state index in [-0.39, 0.29) is 12.1 Å². The van der Waals surface area contributed by atoms with Crippen molar-refractivity contribution in [3.05, 3.63) is 0 Å². The number of nitrogens with two attached hydrogens (primary N) is 2.